The van der Waals surface area contributed by atoms with Crippen LogP contribution in [0.15, 0.2) is 42.7 Å². The van der Waals surface area contributed by atoms with Gasteiger partial charge in [0.05, 0.1) is 0 Å². The smallest absolute Gasteiger partial charge is 0.254 e. The third kappa shape index (κ3) is 2.09. The zero-order valence-corrected chi connectivity index (χ0v) is 13.7. The summed E-state index contributed by atoms with van der Waals surface area (Å²) in [6.45, 7) is 4.22. The lowest BCUT2D eigenvalue weighted by molar-refractivity contribution is 0.00849. The molecule has 5 heterocycles. The van der Waals surface area contributed by atoms with Gasteiger partial charge in [-0.25, -0.2) is 0 Å². The second kappa shape index (κ2) is 5.42. The number of hydrogen-bond donors (Lipinski definition) is 0. The van der Waals surface area contributed by atoms with Crippen LogP contribution in [-0.2, 0) is 6.54 Å². The third-order valence-electron chi connectivity index (χ3n) is 6.01. The number of benzene rings is 1. The van der Waals surface area contributed by atoms with Crippen molar-refractivity contribution in [3.8, 4) is 11.1 Å². The van der Waals surface area contributed by atoms with Gasteiger partial charge in [-0.2, -0.15) is 0 Å². The van der Waals surface area contributed by atoms with E-state index < -0.39 is 0 Å². The second-order valence-corrected chi connectivity index (χ2v) is 7.21. The van der Waals surface area contributed by atoms with Crippen LogP contribution in [0.25, 0.3) is 11.1 Å². The molecule has 4 aliphatic rings. The number of amides is 1. The molecule has 24 heavy (non-hydrogen) atoms. The third-order valence-corrected chi connectivity index (χ3v) is 6.01. The number of piperidine rings is 3. The highest BCUT2D eigenvalue weighted by atomic mass is 16.2. The zero-order chi connectivity index (χ0) is 16.1. The molecule has 4 heteroatoms. The highest BCUT2D eigenvalue weighted by molar-refractivity contribution is 6.00. The van der Waals surface area contributed by atoms with Crippen molar-refractivity contribution < 1.29 is 4.79 Å². The van der Waals surface area contributed by atoms with Crippen LogP contribution in [0.2, 0.25) is 0 Å². The van der Waals surface area contributed by atoms with Gasteiger partial charge in [-0.15, -0.1) is 0 Å². The SMILES string of the molecule is O=C1c2cccc(-c3ccncc3)c2CN1[C@H]1CN2CCC1CC2. The van der Waals surface area contributed by atoms with Crippen LogP contribution < -0.4 is 0 Å². The Balaban J connectivity index is 1.51. The molecule has 2 aromatic rings. The van der Waals surface area contributed by atoms with Crippen LogP contribution in [0.5, 0.6) is 0 Å². The molecule has 0 radical (unpaired) electrons. The van der Waals surface area contributed by atoms with Gasteiger partial charge in [0, 0.05) is 37.1 Å². The van der Waals surface area contributed by atoms with Gasteiger partial charge in [0.1, 0.15) is 0 Å². The van der Waals surface area contributed by atoms with Crippen molar-refractivity contribution in [2.24, 2.45) is 5.92 Å². The number of nitrogens with zero attached hydrogens (tertiary/aromatic N) is 3. The molecule has 6 rings (SSSR count). The Hall–Kier alpha value is -2.20. The number of carbonyl (C=O) groups excluding carboxylic acids is 1. The standard InChI is InChI=1S/C20H21N3O/c24-20-17-3-1-2-16(14-4-8-21-9-5-14)18(17)12-23(20)19-13-22-10-6-15(19)7-11-22/h1-5,8-9,15,19H,6-7,10-13H2/t19-/m0/s1. The first-order valence-corrected chi connectivity index (χ1v) is 8.87. The molecule has 1 aromatic heterocycles. The second-order valence-electron chi connectivity index (χ2n) is 7.21. The molecule has 1 atom stereocenters. The summed E-state index contributed by atoms with van der Waals surface area (Å²) in [5.74, 6) is 0.900. The van der Waals surface area contributed by atoms with Gasteiger partial charge >= 0.3 is 0 Å². The van der Waals surface area contributed by atoms with Crippen LogP contribution >= 0.6 is 0 Å². The highest BCUT2D eigenvalue weighted by Gasteiger charge is 2.42. The summed E-state index contributed by atoms with van der Waals surface area (Å²) in [6.07, 6.45) is 6.11. The summed E-state index contributed by atoms with van der Waals surface area (Å²) in [5, 5.41) is 0. The van der Waals surface area contributed by atoms with Crippen molar-refractivity contribution in [1.29, 1.82) is 0 Å². The molecule has 0 N–H and O–H groups in total. The molecule has 0 saturated carbocycles. The van der Waals surface area contributed by atoms with E-state index >= 15 is 0 Å². The van der Waals surface area contributed by atoms with Gasteiger partial charge < -0.3 is 9.80 Å². The predicted octanol–water partition coefficient (Wildman–Crippen LogP) is 2.80. The molecule has 1 amide bonds. The van der Waals surface area contributed by atoms with Gasteiger partial charge in [0.25, 0.3) is 5.91 Å². The van der Waals surface area contributed by atoms with E-state index in [2.05, 4.69) is 20.9 Å². The van der Waals surface area contributed by atoms with Crippen LogP contribution in [0.4, 0.5) is 0 Å². The quantitative estimate of drug-likeness (QED) is 0.854. The minimum Gasteiger partial charge on any atom is -0.330 e. The topological polar surface area (TPSA) is 36.4 Å². The maximum absolute atomic E-state index is 13.1. The van der Waals surface area contributed by atoms with Gasteiger partial charge in [-0.3, -0.25) is 9.78 Å². The average Bonchev–Trinajstić information content (AvgIpc) is 3.00. The van der Waals surface area contributed by atoms with Crippen LogP contribution in [0, 0.1) is 5.92 Å². The fourth-order valence-electron chi connectivity index (χ4n) is 4.71. The van der Waals surface area contributed by atoms with E-state index in [0.29, 0.717) is 12.0 Å². The number of pyridine rings is 1. The predicted molar refractivity (Wildman–Crippen MR) is 92.5 cm³/mol. The summed E-state index contributed by atoms with van der Waals surface area (Å²) < 4.78 is 0. The van der Waals surface area contributed by atoms with E-state index in [1.165, 1.54) is 37.1 Å². The van der Waals surface area contributed by atoms with Crippen LogP contribution in [0.1, 0.15) is 28.8 Å². The maximum Gasteiger partial charge on any atom is 0.254 e. The largest absolute Gasteiger partial charge is 0.330 e. The minimum atomic E-state index is 0.222. The summed E-state index contributed by atoms with van der Waals surface area (Å²) in [6, 6.07) is 10.6. The number of fused-ring (bicyclic) bond motifs is 4. The lowest BCUT2D eigenvalue weighted by Crippen LogP contribution is -2.57. The van der Waals surface area contributed by atoms with E-state index in [1.54, 1.807) is 0 Å². The molecule has 1 aromatic carbocycles. The molecular weight excluding hydrogens is 298 g/mol. The first kappa shape index (κ1) is 14.2. The molecule has 4 aliphatic heterocycles. The number of hydrogen-bond acceptors (Lipinski definition) is 3. The molecule has 0 aliphatic carbocycles. The lowest BCUT2D eigenvalue weighted by atomic mass is 9.83. The van der Waals surface area contributed by atoms with Crippen molar-refractivity contribution in [1.82, 2.24) is 14.8 Å². The average molecular weight is 319 g/mol. The van der Waals surface area contributed by atoms with E-state index in [4.69, 9.17) is 0 Å². The molecule has 4 nitrogen and oxygen atoms in total. The summed E-state index contributed by atoms with van der Waals surface area (Å²) in [7, 11) is 0. The molecule has 3 saturated heterocycles. The van der Waals surface area contributed by atoms with E-state index in [-0.39, 0.29) is 5.91 Å². The fraction of sp³-hybridized carbons (Fsp3) is 0.400. The van der Waals surface area contributed by atoms with Gasteiger partial charge in [-0.1, -0.05) is 12.1 Å². The van der Waals surface area contributed by atoms with Gasteiger partial charge in [0.15, 0.2) is 0 Å². The van der Waals surface area contributed by atoms with Crippen molar-refractivity contribution in [3.05, 3.63) is 53.9 Å². The molecule has 0 spiro atoms. The molecular formula is C20H21N3O. The molecule has 0 unspecified atom stereocenters. The summed E-state index contributed by atoms with van der Waals surface area (Å²) >= 11 is 0. The van der Waals surface area contributed by atoms with Crippen molar-refractivity contribution >= 4 is 5.91 Å². The number of carbonyl (C=O) groups is 1. The lowest BCUT2D eigenvalue weighted by Gasteiger charge is -2.48. The monoisotopic (exact) mass is 319 g/mol. The Morgan fingerprint density at radius 2 is 1.75 bits per heavy atom. The molecule has 3 fully saturated rings. The Morgan fingerprint density at radius 3 is 2.46 bits per heavy atom. The fourth-order valence-corrected chi connectivity index (χ4v) is 4.71. The van der Waals surface area contributed by atoms with E-state index in [1.807, 2.05) is 36.7 Å². The molecule has 2 bridgehead atoms. The van der Waals surface area contributed by atoms with Gasteiger partial charge in [0.2, 0.25) is 0 Å². The minimum absolute atomic E-state index is 0.222. The Labute approximate surface area is 142 Å². The van der Waals surface area contributed by atoms with Crippen molar-refractivity contribution in [3.63, 3.8) is 0 Å². The van der Waals surface area contributed by atoms with Crippen LogP contribution in [-0.4, -0.2) is 46.4 Å². The first-order chi connectivity index (χ1) is 11.8. The number of rotatable bonds is 2. The Morgan fingerprint density at radius 1 is 1.00 bits per heavy atom. The Kier molecular flexibility index (Phi) is 3.20. The van der Waals surface area contributed by atoms with Crippen LogP contribution in [0.3, 0.4) is 0 Å². The number of aromatic nitrogens is 1. The van der Waals surface area contributed by atoms with Gasteiger partial charge in [-0.05, 0) is 66.7 Å². The maximum atomic E-state index is 13.1. The zero-order valence-electron chi connectivity index (χ0n) is 13.7. The van der Waals surface area contributed by atoms with E-state index in [0.717, 1.165) is 24.2 Å². The Bertz CT molecular complexity index is 781. The van der Waals surface area contributed by atoms with E-state index in [9.17, 15) is 4.79 Å². The molecule has 122 valence electrons. The van der Waals surface area contributed by atoms with Crippen molar-refractivity contribution in [2.45, 2.75) is 25.4 Å². The summed E-state index contributed by atoms with van der Waals surface area (Å²) in [5.41, 5.74) is 4.39. The first-order valence-electron chi connectivity index (χ1n) is 8.87. The van der Waals surface area contributed by atoms with Crippen molar-refractivity contribution in [2.75, 3.05) is 19.6 Å². The highest BCUT2D eigenvalue weighted by Crippen LogP contribution is 2.38. The summed E-state index contributed by atoms with van der Waals surface area (Å²) in [4.78, 5) is 21.8. The normalized spacial score (nSPS) is 28.2.